The zero-order chi connectivity index (χ0) is 19.9. The van der Waals surface area contributed by atoms with E-state index in [4.69, 9.17) is 0 Å². The van der Waals surface area contributed by atoms with Gasteiger partial charge >= 0.3 is 0 Å². The summed E-state index contributed by atoms with van der Waals surface area (Å²) >= 11 is 0. The minimum Gasteiger partial charge on any atom is -0.294 e. The average molecular weight is 370 g/mol. The van der Waals surface area contributed by atoms with Gasteiger partial charge in [0.05, 0.1) is 0 Å². The molecule has 0 saturated heterocycles. The van der Waals surface area contributed by atoms with Gasteiger partial charge in [-0.3, -0.25) is 9.59 Å². The van der Waals surface area contributed by atoms with Gasteiger partial charge in [0.2, 0.25) is 0 Å². The Morgan fingerprint density at radius 3 is 1.75 bits per heavy atom. The maximum Gasteiger partial charge on any atom is 0.165 e. The van der Waals surface area contributed by atoms with E-state index in [2.05, 4.69) is 12.1 Å². The minimum atomic E-state index is -0.194. The standard InChI is InChI=1S/C26H26O2/c1-3-20(26(28)23-12-8-5-9-13-23)18-19(2)25(27)24-16-14-22(15-17-24)21-10-6-4-7-11-21/h4-17,19-20H,3,18H2,1-2H3. The molecule has 2 heteroatoms. The van der Waals surface area contributed by atoms with Gasteiger partial charge in [-0.25, -0.2) is 0 Å². The lowest BCUT2D eigenvalue weighted by Gasteiger charge is -2.18. The van der Waals surface area contributed by atoms with Crippen LogP contribution in [0.1, 0.15) is 47.4 Å². The molecular weight excluding hydrogens is 344 g/mol. The summed E-state index contributed by atoms with van der Waals surface area (Å²) in [5.41, 5.74) is 3.65. The third-order valence-electron chi connectivity index (χ3n) is 5.28. The Kier molecular flexibility index (Phi) is 6.54. The Balaban J connectivity index is 1.69. The SMILES string of the molecule is CCC(CC(C)C(=O)c1ccc(-c2ccccc2)cc1)C(=O)c1ccccc1. The summed E-state index contributed by atoms with van der Waals surface area (Å²) in [5, 5.41) is 0. The number of carbonyl (C=O) groups excluding carboxylic acids is 2. The molecule has 0 radical (unpaired) electrons. The summed E-state index contributed by atoms with van der Waals surface area (Å²) in [6.07, 6.45) is 1.31. The first-order valence-electron chi connectivity index (χ1n) is 9.89. The minimum absolute atomic E-state index is 0.0962. The van der Waals surface area contributed by atoms with Crippen molar-refractivity contribution in [2.24, 2.45) is 11.8 Å². The molecule has 2 unspecified atom stereocenters. The number of carbonyl (C=O) groups is 2. The highest BCUT2D eigenvalue weighted by atomic mass is 16.1. The van der Waals surface area contributed by atoms with Crippen molar-refractivity contribution in [3.05, 3.63) is 96.1 Å². The molecule has 2 nitrogen and oxygen atoms in total. The summed E-state index contributed by atoms with van der Waals surface area (Å²) in [7, 11) is 0. The Labute approximate surface area is 167 Å². The number of hydrogen-bond acceptors (Lipinski definition) is 2. The number of hydrogen-bond donors (Lipinski definition) is 0. The van der Waals surface area contributed by atoms with Crippen LogP contribution < -0.4 is 0 Å². The van der Waals surface area contributed by atoms with E-state index in [0.717, 1.165) is 23.1 Å². The van der Waals surface area contributed by atoms with Gasteiger partial charge in [-0.15, -0.1) is 0 Å². The third kappa shape index (κ3) is 4.64. The summed E-state index contributed by atoms with van der Waals surface area (Å²) in [6, 6.07) is 27.2. The van der Waals surface area contributed by atoms with Crippen LogP contribution in [0.25, 0.3) is 11.1 Å². The highest BCUT2D eigenvalue weighted by Gasteiger charge is 2.24. The van der Waals surface area contributed by atoms with Gasteiger partial charge < -0.3 is 0 Å². The number of benzene rings is 3. The van der Waals surface area contributed by atoms with Gasteiger partial charge in [0.15, 0.2) is 11.6 Å². The van der Waals surface area contributed by atoms with Crippen LogP contribution in [0.3, 0.4) is 0 Å². The summed E-state index contributed by atoms with van der Waals surface area (Å²) in [6.45, 7) is 3.94. The molecule has 0 fully saturated rings. The van der Waals surface area contributed by atoms with E-state index in [9.17, 15) is 9.59 Å². The van der Waals surface area contributed by atoms with Crippen LogP contribution in [0.4, 0.5) is 0 Å². The zero-order valence-electron chi connectivity index (χ0n) is 16.5. The lowest BCUT2D eigenvalue weighted by Crippen LogP contribution is -2.21. The lowest BCUT2D eigenvalue weighted by atomic mass is 9.84. The smallest absolute Gasteiger partial charge is 0.165 e. The molecule has 3 aromatic carbocycles. The normalized spacial score (nSPS) is 12.9. The second kappa shape index (κ2) is 9.27. The Hall–Kier alpha value is -3.00. The van der Waals surface area contributed by atoms with Crippen LogP contribution >= 0.6 is 0 Å². The molecule has 2 atom stereocenters. The van der Waals surface area contributed by atoms with Crippen LogP contribution in [0.5, 0.6) is 0 Å². The zero-order valence-corrected chi connectivity index (χ0v) is 16.5. The van der Waals surface area contributed by atoms with Crippen molar-refractivity contribution in [1.82, 2.24) is 0 Å². The first-order valence-corrected chi connectivity index (χ1v) is 9.89. The Bertz CT molecular complexity index is 912. The fraction of sp³-hybridized carbons (Fsp3) is 0.231. The largest absolute Gasteiger partial charge is 0.294 e. The first-order chi connectivity index (χ1) is 13.6. The van der Waals surface area contributed by atoms with Gasteiger partial charge in [0.25, 0.3) is 0 Å². The number of rotatable bonds is 8. The van der Waals surface area contributed by atoms with Crippen LogP contribution in [0.2, 0.25) is 0 Å². The van der Waals surface area contributed by atoms with Gasteiger partial charge in [-0.1, -0.05) is 98.8 Å². The molecule has 3 aromatic rings. The molecule has 0 aliphatic rings. The molecule has 0 bridgehead atoms. The van der Waals surface area contributed by atoms with Gasteiger partial charge in [0.1, 0.15) is 0 Å². The molecule has 3 rings (SSSR count). The van der Waals surface area contributed by atoms with Crippen LogP contribution in [0, 0.1) is 11.8 Å². The van der Waals surface area contributed by atoms with E-state index >= 15 is 0 Å². The molecule has 0 aliphatic heterocycles. The predicted octanol–water partition coefficient (Wildman–Crippen LogP) is 6.47. The molecular formula is C26H26O2. The van der Waals surface area contributed by atoms with Gasteiger partial charge in [-0.2, -0.15) is 0 Å². The molecule has 142 valence electrons. The highest BCUT2D eigenvalue weighted by molar-refractivity contribution is 6.00. The molecule has 0 N–H and O–H groups in total. The summed E-state index contributed by atoms with van der Waals surface area (Å²) in [5.74, 6) is -0.105. The molecule has 0 aromatic heterocycles. The van der Waals surface area contributed by atoms with Crippen molar-refractivity contribution >= 4 is 11.6 Å². The quantitative estimate of drug-likeness (QED) is 0.426. The Morgan fingerprint density at radius 1 is 0.679 bits per heavy atom. The second-order valence-electron chi connectivity index (χ2n) is 7.28. The fourth-order valence-electron chi connectivity index (χ4n) is 3.57. The number of ketones is 2. The van der Waals surface area contributed by atoms with E-state index in [1.165, 1.54) is 0 Å². The fourth-order valence-corrected chi connectivity index (χ4v) is 3.57. The van der Waals surface area contributed by atoms with Crippen molar-refractivity contribution < 1.29 is 9.59 Å². The highest BCUT2D eigenvalue weighted by Crippen LogP contribution is 2.25. The van der Waals surface area contributed by atoms with Crippen LogP contribution in [-0.2, 0) is 0 Å². The van der Waals surface area contributed by atoms with E-state index in [-0.39, 0.29) is 23.4 Å². The van der Waals surface area contributed by atoms with E-state index in [0.29, 0.717) is 12.0 Å². The van der Waals surface area contributed by atoms with Crippen molar-refractivity contribution in [2.75, 3.05) is 0 Å². The van der Waals surface area contributed by atoms with Crippen molar-refractivity contribution in [3.8, 4) is 11.1 Å². The number of Topliss-reactive ketones (excluding diaryl/α,β-unsaturated/α-hetero) is 2. The molecule has 0 saturated carbocycles. The van der Waals surface area contributed by atoms with E-state index < -0.39 is 0 Å². The summed E-state index contributed by atoms with van der Waals surface area (Å²) < 4.78 is 0. The maximum atomic E-state index is 12.9. The average Bonchev–Trinajstić information content (AvgIpc) is 2.77. The summed E-state index contributed by atoms with van der Waals surface area (Å²) in [4.78, 5) is 25.7. The van der Waals surface area contributed by atoms with Crippen molar-refractivity contribution in [3.63, 3.8) is 0 Å². The monoisotopic (exact) mass is 370 g/mol. The molecule has 28 heavy (non-hydrogen) atoms. The van der Waals surface area contributed by atoms with Crippen molar-refractivity contribution in [2.45, 2.75) is 26.7 Å². The molecule has 0 spiro atoms. The van der Waals surface area contributed by atoms with Gasteiger partial charge in [-0.05, 0) is 24.0 Å². The predicted molar refractivity (Wildman–Crippen MR) is 115 cm³/mol. The van der Waals surface area contributed by atoms with E-state index in [1.54, 1.807) is 0 Å². The van der Waals surface area contributed by atoms with Gasteiger partial charge in [0, 0.05) is 23.0 Å². The Morgan fingerprint density at radius 2 is 1.18 bits per heavy atom. The third-order valence-corrected chi connectivity index (χ3v) is 5.28. The molecule has 0 amide bonds. The topological polar surface area (TPSA) is 34.1 Å². The lowest BCUT2D eigenvalue weighted by molar-refractivity contribution is 0.0854. The van der Waals surface area contributed by atoms with Crippen molar-refractivity contribution in [1.29, 1.82) is 0 Å². The second-order valence-corrected chi connectivity index (χ2v) is 7.28. The maximum absolute atomic E-state index is 12.9. The van der Waals surface area contributed by atoms with E-state index in [1.807, 2.05) is 86.6 Å². The van der Waals surface area contributed by atoms with Crippen LogP contribution in [-0.4, -0.2) is 11.6 Å². The first kappa shape index (κ1) is 19.8. The molecule has 0 heterocycles. The molecule has 0 aliphatic carbocycles. The van der Waals surface area contributed by atoms with Crippen LogP contribution in [0.15, 0.2) is 84.9 Å².